The standard InChI is InChI=1S/C35H36N2O3/c1-37(2)35(39)28-18-21-31(25-12-14-27(15-13-25)34(36)38)29(22-28)23-40-30-19-16-26(17-20-30)33-11-7-6-10-32(33)24-8-4-3-5-9-24/h6-7,10-22,24H,3-5,8-9,23H2,1-2H3,(H2,36,38). The molecule has 0 heterocycles. The SMILES string of the molecule is CN(C)C(=O)c1ccc(-c2ccc(C(N)=O)cc2)c(COc2ccc(-c3ccccc3C3CCCCC3)cc2)c1. The van der Waals surface area contributed by atoms with Gasteiger partial charge in [-0.3, -0.25) is 9.59 Å². The zero-order chi connectivity index (χ0) is 28.1. The number of rotatable bonds is 8. The Kier molecular flexibility index (Phi) is 8.30. The second-order valence-electron chi connectivity index (χ2n) is 10.7. The third-order valence-corrected chi connectivity index (χ3v) is 7.80. The van der Waals surface area contributed by atoms with Crippen molar-refractivity contribution in [3.8, 4) is 28.0 Å². The van der Waals surface area contributed by atoms with E-state index >= 15 is 0 Å². The number of nitrogens with zero attached hydrogens (tertiary/aromatic N) is 1. The van der Waals surface area contributed by atoms with Gasteiger partial charge in [0.05, 0.1) is 0 Å². The number of hydrogen-bond acceptors (Lipinski definition) is 3. The molecule has 0 radical (unpaired) electrons. The summed E-state index contributed by atoms with van der Waals surface area (Å²) < 4.78 is 6.25. The molecule has 1 fully saturated rings. The molecule has 40 heavy (non-hydrogen) atoms. The molecule has 1 saturated carbocycles. The molecular formula is C35H36N2O3. The van der Waals surface area contributed by atoms with Crippen LogP contribution in [0.1, 0.15) is 69.9 Å². The number of nitrogens with two attached hydrogens (primary N) is 1. The van der Waals surface area contributed by atoms with Crippen molar-refractivity contribution in [3.63, 3.8) is 0 Å². The third-order valence-electron chi connectivity index (χ3n) is 7.80. The lowest BCUT2D eigenvalue weighted by Crippen LogP contribution is -2.21. The van der Waals surface area contributed by atoms with Gasteiger partial charge in [0, 0.05) is 25.2 Å². The summed E-state index contributed by atoms with van der Waals surface area (Å²) in [4.78, 5) is 25.8. The van der Waals surface area contributed by atoms with E-state index in [1.165, 1.54) is 48.8 Å². The average molecular weight is 533 g/mol. The first-order chi connectivity index (χ1) is 19.4. The van der Waals surface area contributed by atoms with Crippen LogP contribution >= 0.6 is 0 Å². The number of carbonyl (C=O) groups is 2. The molecule has 4 aromatic rings. The van der Waals surface area contributed by atoms with Crippen LogP contribution in [-0.2, 0) is 6.61 Å². The molecule has 1 aliphatic carbocycles. The molecule has 1 aliphatic rings. The molecule has 0 bridgehead atoms. The van der Waals surface area contributed by atoms with Gasteiger partial charge in [0.2, 0.25) is 5.91 Å². The minimum Gasteiger partial charge on any atom is -0.489 e. The van der Waals surface area contributed by atoms with Gasteiger partial charge < -0.3 is 15.4 Å². The number of ether oxygens (including phenoxy) is 1. The Labute approximate surface area is 236 Å². The minimum atomic E-state index is -0.466. The van der Waals surface area contributed by atoms with Crippen LogP contribution in [0.4, 0.5) is 0 Å². The van der Waals surface area contributed by atoms with Crippen LogP contribution in [0, 0.1) is 0 Å². The maximum absolute atomic E-state index is 12.7. The smallest absolute Gasteiger partial charge is 0.253 e. The summed E-state index contributed by atoms with van der Waals surface area (Å²) in [6.45, 7) is 0.291. The molecule has 0 aromatic heterocycles. The number of carbonyl (C=O) groups excluding carboxylic acids is 2. The Hall–Kier alpha value is -4.38. The van der Waals surface area contributed by atoms with E-state index in [1.807, 2.05) is 42.5 Å². The second kappa shape index (κ2) is 12.2. The summed E-state index contributed by atoms with van der Waals surface area (Å²) in [6, 6.07) is 29.9. The fraction of sp³-hybridized carbons (Fsp3) is 0.257. The van der Waals surface area contributed by atoms with Gasteiger partial charge in [-0.25, -0.2) is 0 Å². The van der Waals surface area contributed by atoms with Crippen LogP contribution in [0.5, 0.6) is 5.75 Å². The third kappa shape index (κ3) is 6.09. The predicted molar refractivity (Wildman–Crippen MR) is 160 cm³/mol. The monoisotopic (exact) mass is 532 g/mol. The lowest BCUT2D eigenvalue weighted by Gasteiger charge is -2.24. The molecule has 5 nitrogen and oxygen atoms in total. The number of primary amides is 1. The van der Waals surface area contributed by atoms with Crippen molar-refractivity contribution in [2.45, 2.75) is 44.6 Å². The molecule has 0 atom stereocenters. The topological polar surface area (TPSA) is 72.6 Å². The highest BCUT2D eigenvalue weighted by atomic mass is 16.5. The summed E-state index contributed by atoms with van der Waals surface area (Å²) in [7, 11) is 3.48. The summed E-state index contributed by atoms with van der Waals surface area (Å²) in [5.41, 5.74) is 13.1. The predicted octanol–water partition coefficient (Wildman–Crippen LogP) is 7.45. The first-order valence-electron chi connectivity index (χ1n) is 14.0. The van der Waals surface area contributed by atoms with Crippen molar-refractivity contribution >= 4 is 11.8 Å². The Morgan fingerprint density at radius 2 is 1.40 bits per heavy atom. The van der Waals surface area contributed by atoms with Gasteiger partial charge in [0.15, 0.2) is 0 Å². The van der Waals surface area contributed by atoms with E-state index in [-0.39, 0.29) is 5.91 Å². The molecule has 2 amide bonds. The highest BCUT2D eigenvalue weighted by Gasteiger charge is 2.19. The van der Waals surface area contributed by atoms with E-state index in [1.54, 1.807) is 31.1 Å². The molecule has 0 unspecified atom stereocenters. The van der Waals surface area contributed by atoms with Gasteiger partial charge in [-0.1, -0.05) is 73.9 Å². The van der Waals surface area contributed by atoms with Crippen molar-refractivity contribution in [2.75, 3.05) is 14.1 Å². The van der Waals surface area contributed by atoms with Gasteiger partial charge >= 0.3 is 0 Å². The Morgan fingerprint density at radius 3 is 2.08 bits per heavy atom. The summed E-state index contributed by atoms with van der Waals surface area (Å²) in [5, 5.41) is 0. The van der Waals surface area contributed by atoms with E-state index in [0.717, 1.165) is 22.4 Å². The van der Waals surface area contributed by atoms with Crippen LogP contribution < -0.4 is 10.5 Å². The van der Waals surface area contributed by atoms with Crippen molar-refractivity contribution < 1.29 is 14.3 Å². The fourth-order valence-corrected chi connectivity index (χ4v) is 5.62. The molecular weight excluding hydrogens is 496 g/mol. The van der Waals surface area contributed by atoms with Crippen molar-refractivity contribution in [2.24, 2.45) is 5.73 Å². The summed E-state index contributed by atoms with van der Waals surface area (Å²) >= 11 is 0. The van der Waals surface area contributed by atoms with Gasteiger partial charge in [0.25, 0.3) is 5.91 Å². The van der Waals surface area contributed by atoms with Gasteiger partial charge in [-0.05, 0) is 88.5 Å². The highest BCUT2D eigenvalue weighted by Crippen LogP contribution is 2.38. The molecule has 5 heteroatoms. The zero-order valence-corrected chi connectivity index (χ0v) is 23.2. The van der Waals surface area contributed by atoms with Crippen molar-refractivity contribution in [1.82, 2.24) is 4.90 Å². The molecule has 0 spiro atoms. The second-order valence-corrected chi connectivity index (χ2v) is 10.7. The summed E-state index contributed by atoms with van der Waals surface area (Å²) in [5.74, 6) is 0.858. The Bertz CT molecular complexity index is 1480. The first-order valence-corrected chi connectivity index (χ1v) is 14.0. The van der Waals surface area contributed by atoms with Crippen molar-refractivity contribution in [3.05, 3.63) is 113 Å². The van der Waals surface area contributed by atoms with Gasteiger partial charge in [-0.2, -0.15) is 0 Å². The lowest BCUT2D eigenvalue weighted by molar-refractivity contribution is 0.0827. The van der Waals surface area contributed by atoms with E-state index in [0.29, 0.717) is 23.7 Å². The van der Waals surface area contributed by atoms with Crippen LogP contribution in [-0.4, -0.2) is 30.8 Å². The molecule has 0 aliphatic heterocycles. The van der Waals surface area contributed by atoms with Crippen LogP contribution in [0.3, 0.4) is 0 Å². The summed E-state index contributed by atoms with van der Waals surface area (Å²) in [6.07, 6.45) is 6.49. The Morgan fingerprint density at radius 1 is 0.775 bits per heavy atom. The maximum atomic E-state index is 12.7. The fourth-order valence-electron chi connectivity index (χ4n) is 5.62. The number of amides is 2. The maximum Gasteiger partial charge on any atom is 0.253 e. The van der Waals surface area contributed by atoms with Crippen LogP contribution in [0.25, 0.3) is 22.3 Å². The van der Waals surface area contributed by atoms with E-state index in [4.69, 9.17) is 10.5 Å². The Balaban J connectivity index is 1.39. The van der Waals surface area contributed by atoms with Crippen LogP contribution in [0.2, 0.25) is 0 Å². The largest absolute Gasteiger partial charge is 0.489 e. The quantitative estimate of drug-likeness (QED) is 0.256. The average Bonchev–Trinajstić information content (AvgIpc) is 3.00. The molecule has 204 valence electrons. The molecule has 4 aromatic carbocycles. The van der Waals surface area contributed by atoms with E-state index < -0.39 is 5.91 Å². The molecule has 5 rings (SSSR count). The molecule has 0 saturated heterocycles. The minimum absolute atomic E-state index is 0.0714. The highest BCUT2D eigenvalue weighted by molar-refractivity contribution is 5.95. The van der Waals surface area contributed by atoms with E-state index in [9.17, 15) is 9.59 Å². The molecule has 2 N–H and O–H groups in total. The van der Waals surface area contributed by atoms with Gasteiger partial charge in [0.1, 0.15) is 12.4 Å². The van der Waals surface area contributed by atoms with E-state index in [2.05, 4.69) is 36.4 Å². The lowest BCUT2D eigenvalue weighted by atomic mass is 9.81. The van der Waals surface area contributed by atoms with Gasteiger partial charge in [-0.15, -0.1) is 0 Å². The van der Waals surface area contributed by atoms with Crippen LogP contribution in [0.15, 0.2) is 91.0 Å². The zero-order valence-electron chi connectivity index (χ0n) is 23.2. The van der Waals surface area contributed by atoms with Crippen molar-refractivity contribution in [1.29, 1.82) is 0 Å². The number of hydrogen-bond donors (Lipinski definition) is 1. The normalized spacial score (nSPS) is 13.6. The first kappa shape index (κ1) is 27.2. The number of benzene rings is 4.